The molecule has 1 atom stereocenters. The quantitative estimate of drug-likeness (QED) is 0.588. The van der Waals surface area contributed by atoms with Crippen molar-refractivity contribution >= 4 is 0 Å². The minimum absolute atomic E-state index is 0.264. The lowest BCUT2D eigenvalue weighted by Crippen LogP contribution is -2.41. The van der Waals surface area contributed by atoms with Crippen LogP contribution in [-0.4, -0.2) is 46.9 Å². The van der Waals surface area contributed by atoms with E-state index in [2.05, 4.69) is 24.1 Å². The van der Waals surface area contributed by atoms with Gasteiger partial charge in [-0.1, -0.05) is 19.9 Å². The molecule has 0 aliphatic rings. The average molecular weight is 268 g/mol. The highest BCUT2D eigenvalue weighted by molar-refractivity contribution is 5.53. The fraction of sp³-hybridized carbons (Fsp3) is 0.571. The zero-order chi connectivity index (χ0) is 14.6. The molecule has 0 saturated heterocycles. The number of likely N-dealkylation sites (N-methyl/N-ethyl adjacent to an activating group) is 1. The van der Waals surface area contributed by atoms with Crippen molar-refractivity contribution in [1.82, 2.24) is 10.2 Å². The van der Waals surface area contributed by atoms with Crippen molar-refractivity contribution < 1.29 is 15.3 Å². The summed E-state index contributed by atoms with van der Waals surface area (Å²) in [5.41, 5.74) is 0.569. The monoisotopic (exact) mass is 268 g/mol. The van der Waals surface area contributed by atoms with E-state index in [0.29, 0.717) is 18.0 Å². The third-order valence-corrected chi connectivity index (χ3v) is 3.13. The second kappa shape index (κ2) is 6.63. The van der Waals surface area contributed by atoms with Gasteiger partial charge in [0.2, 0.25) is 5.75 Å². The fourth-order valence-electron chi connectivity index (χ4n) is 1.90. The number of nitrogens with zero attached hydrogens (tertiary/aromatic N) is 1. The van der Waals surface area contributed by atoms with Gasteiger partial charge in [0.25, 0.3) is 0 Å². The molecule has 0 aliphatic heterocycles. The van der Waals surface area contributed by atoms with Crippen molar-refractivity contribution in [1.29, 1.82) is 0 Å². The zero-order valence-corrected chi connectivity index (χ0v) is 12.0. The maximum Gasteiger partial charge on any atom is 0.200 e. The summed E-state index contributed by atoms with van der Waals surface area (Å²) >= 11 is 0. The van der Waals surface area contributed by atoms with Crippen molar-refractivity contribution in [2.45, 2.75) is 26.4 Å². The van der Waals surface area contributed by atoms with Gasteiger partial charge in [0, 0.05) is 24.7 Å². The molecule has 0 bridgehead atoms. The largest absolute Gasteiger partial charge is 0.504 e. The van der Waals surface area contributed by atoms with Crippen LogP contribution in [0.25, 0.3) is 0 Å². The van der Waals surface area contributed by atoms with E-state index in [9.17, 15) is 15.3 Å². The minimum Gasteiger partial charge on any atom is -0.504 e. The van der Waals surface area contributed by atoms with E-state index in [4.69, 9.17) is 0 Å². The van der Waals surface area contributed by atoms with Crippen molar-refractivity contribution in [3.05, 3.63) is 17.7 Å². The van der Waals surface area contributed by atoms with Crippen molar-refractivity contribution in [3.63, 3.8) is 0 Å². The fourth-order valence-corrected chi connectivity index (χ4v) is 1.90. The molecular weight excluding hydrogens is 244 g/mol. The molecule has 5 heteroatoms. The summed E-state index contributed by atoms with van der Waals surface area (Å²) in [5, 5.41) is 31.9. The van der Waals surface area contributed by atoms with Gasteiger partial charge >= 0.3 is 0 Å². The Labute approximate surface area is 114 Å². The van der Waals surface area contributed by atoms with Crippen LogP contribution in [0.2, 0.25) is 0 Å². The lowest BCUT2D eigenvalue weighted by atomic mass is 10.0. The second-order valence-corrected chi connectivity index (χ2v) is 5.43. The van der Waals surface area contributed by atoms with Gasteiger partial charge in [-0.15, -0.1) is 0 Å². The van der Waals surface area contributed by atoms with Crippen LogP contribution < -0.4 is 5.32 Å². The summed E-state index contributed by atoms with van der Waals surface area (Å²) < 4.78 is 0. The van der Waals surface area contributed by atoms with Crippen molar-refractivity contribution in [2.75, 3.05) is 20.6 Å². The molecule has 0 aliphatic carbocycles. The first kappa shape index (κ1) is 15.6. The van der Waals surface area contributed by atoms with Gasteiger partial charge in [-0.2, -0.15) is 0 Å². The van der Waals surface area contributed by atoms with Crippen LogP contribution in [-0.2, 0) is 6.54 Å². The van der Waals surface area contributed by atoms with E-state index in [1.54, 1.807) is 6.07 Å². The smallest absolute Gasteiger partial charge is 0.200 e. The molecule has 1 unspecified atom stereocenters. The van der Waals surface area contributed by atoms with E-state index in [0.717, 1.165) is 6.54 Å². The van der Waals surface area contributed by atoms with Gasteiger partial charge in [0.1, 0.15) is 0 Å². The summed E-state index contributed by atoms with van der Waals surface area (Å²) in [6.45, 7) is 5.60. The number of hydrogen-bond acceptors (Lipinski definition) is 5. The summed E-state index contributed by atoms with van der Waals surface area (Å²) in [5.74, 6) is -0.585. The topological polar surface area (TPSA) is 76.0 Å². The predicted octanol–water partition coefficient (Wildman–Crippen LogP) is 1.48. The molecule has 0 heterocycles. The molecule has 0 spiro atoms. The molecule has 108 valence electrons. The van der Waals surface area contributed by atoms with E-state index < -0.39 is 5.75 Å². The van der Waals surface area contributed by atoms with Gasteiger partial charge in [-0.05, 0) is 26.1 Å². The molecule has 1 aromatic rings. The molecule has 5 nitrogen and oxygen atoms in total. The Balaban J connectivity index is 2.72. The minimum atomic E-state index is -0.465. The summed E-state index contributed by atoms with van der Waals surface area (Å²) in [7, 11) is 4.03. The third kappa shape index (κ3) is 4.29. The Kier molecular flexibility index (Phi) is 5.44. The lowest BCUT2D eigenvalue weighted by Gasteiger charge is -2.26. The molecule has 0 amide bonds. The highest BCUT2D eigenvalue weighted by atomic mass is 16.3. The third-order valence-electron chi connectivity index (χ3n) is 3.13. The molecule has 0 saturated carbocycles. The molecule has 0 aromatic heterocycles. The summed E-state index contributed by atoms with van der Waals surface area (Å²) in [6, 6.07) is 3.26. The Morgan fingerprint density at radius 3 is 2.26 bits per heavy atom. The van der Waals surface area contributed by atoms with Crippen LogP contribution in [0.4, 0.5) is 0 Å². The number of phenolic OH excluding ortho intramolecular Hbond substituents is 3. The maximum absolute atomic E-state index is 9.75. The summed E-state index contributed by atoms with van der Waals surface area (Å²) in [6.07, 6.45) is 0. The van der Waals surface area contributed by atoms with E-state index in [-0.39, 0.29) is 17.5 Å². The molecular formula is C14H24N2O3. The molecule has 19 heavy (non-hydrogen) atoms. The van der Waals surface area contributed by atoms with Crippen molar-refractivity contribution in [3.8, 4) is 17.2 Å². The van der Waals surface area contributed by atoms with Crippen LogP contribution in [0.15, 0.2) is 12.1 Å². The van der Waals surface area contributed by atoms with Gasteiger partial charge in [0.15, 0.2) is 11.5 Å². The number of nitrogens with one attached hydrogen (secondary N) is 1. The van der Waals surface area contributed by atoms with E-state index >= 15 is 0 Å². The Morgan fingerprint density at radius 2 is 1.74 bits per heavy atom. The molecule has 1 aromatic carbocycles. The lowest BCUT2D eigenvalue weighted by molar-refractivity contribution is 0.286. The zero-order valence-electron chi connectivity index (χ0n) is 12.0. The number of phenols is 3. The maximum atomic E-state index is 9.75. The summed E-state index contributed by atoms with van der Waals surface area (Å²) in [4.78, 5) is 2.10. The van der Waals surface area contributed by atoms with Crippen LogP contribution in [0.3, 0.4) is 0 Å². The number of benzene rings is 1. The van der Waals surface area contributed by atoms with E-state index in [1.807, 2.05) is 14.1 Å². The van der Waals surface area contributed by atoms with Gasteiger partial charge in [0.05, 0.1) is 0 Å². The molecule has 0 radical (unpaired) electrons. The first-order valence-electron chi connectivity index (χ1n) is 6.43. The average Bonchev–Trinajstić information content (AvgIpc) is 2.33. The molecule has 1 rings (SSSR count). The van der Waals surface area contributed by atoms with E-state index in [1.165, 1.54) is 6.07 Å². The normalized spacial score (nSPS) is 13.2. The van der Waals surface area contributed by atoms with Crippen LogP contribution in [0.5, 0.6) is 17.2 Å². The number of hydrogen-bond donors (Lipinski definition) is 4. The number of rotatable bonds is 6. The molecule has 0 fully saturated rings. The van der Waals surface area contributed by atoms with Gasteiger partial charge in [-0.25, -0.2) is 0 Å². The number of aromatic hydroxyl groups is 3. The molecule has 4 N–H and O–H groups in total. The Morgan fingerprint density at radius 1 is 1.11 bits per heavy atom. The predicted molar refractivity (Wildman–Crippen MR) is 75.5 cm³/mol. The SMILES string of the molecule is CC(C)C(CN(C)C)NCc1ccc(O)c(O)c1O. The Hall–Kier alpha value is -1.46. The van der Waals surface area contributed by atoms with Crippen LogP contribution >= 0.6 is 0 Å². The van der Waals surface area contributed by atoms with Crippen LogP contribution in [0.1, 0.15) is 19.4 Å². The highest BCUT2D eigenvalue weighted by Gasteiger charge is 2.16. The first-order valence-corrected chi connectivity index (χ1v) is 6.43. The van der Waals surface area contributed by atoms with Crippen molar-refractivity contribution in [2.24, 2.45) is 5.92 Å². The highest BCUT2D eigenvalue weighted by Crippen LogP contribution is 2.36. The van der Waals surface area contributed by atoms with Gasteiger partial charge < -0.3 is 25.5 Å². The van der Waals surface area contributed by atoms with Crippen LogP contribution in [0, 0.1) is 5.92 Å². The van der Waals surface area contributed by atoms with Gasteiger partial charge in [-0.3, -0.25) is 0 Å². The Bertz CT molecular complexity index is 419. The second-order valence-electron chi connectivity index (χ2n) is 5.43. The standard InChI is InChI=1S/C14H24N2O3/c1-9(2)11(8-16(3)4)15-7-10-5-6-12(17)14(19)13(10)18/h5-6,9,11,15,17-19H,7-8H2,1-4H3. The first-order chi connectivity index (χ1) is 8.82.